The Hall–Kier alpha value is -3.49. The monoisotopic (exact) mass is 538 g/mol. The zero-order valence-electron chi connectivity index (χ0n) is 22.9. The van der Waals surface area contributed by atoms with Crippen molar-refractivity contribution >= 4 is 59.6 Å². The average molecular weight is 539 g/mol. The minimum absolute atomic E-state index is 0.173. The van der Waals surface area contributed by atoms with Crippen LogP contribution in [-0.4, -0.2) is 26.4 Å². The average Bonchev–Trinajstić information content (AvgIpc) is 3.43. The lowest BCUT2D eigenvalue weighted by Gasteiger charge is -2.15. The van der Waals surface area contributed by atoms with E-state index in [0.717, 1.165) is 67.1 Å². The van der Waals surface area contributed by atoms with E-state index in [1.807, 2.05) is 36.4 Å². The highest BCUT2D eigenvalue weighted by molar-refractivity contribution is 6.75. The molecule has 0 saturated heterocycles. The van der Waals surface area contributed by atoms with Crippen LogP contribution in [0, 0.1) is 0 Å². The summed E-state index contributed by atoms with van der Waals surface area (Å²) in [5.74, 6) is 2.15. The fourth-order valence-corrected chi connectivity index (χ4v) is 8.15. The fourth-order valence-electron chi connectivity index (χ4n) is 5.72. The standard InChI is InChI=1S/C32H34O4Si2/c1-37(2,3)17-19-15-25-27(21-11-7-9-13-23(21)29(33)31(25)35-19)28-22-12-8-10-14-24(22)30(34)32-26(28)16-20(36-32)18-38(4,5)6/h7-16,33-34H,17-18H2,1-6H3. The van der Waals surface area contributed by atoms with Gasteiger partial charge in [0, 0.05) is 44.8 Å². The Morgan fingerprint density at radius 3 is 1.21 bits per heavy atom. The van der Waals surface area contributed by atoms with Crippen molar-refractivity contribution in [2.24, 2.45) is 0 Å². The molecule has 0 aliphatic carbocycles. The lowest BCUT2D eigenvalue weighted by Crippen LogP contribution is -2.23. The number of phenols is 2. The van der Waals surface area contributed by atoms with Gasteiger partial charge in [-0.1, -0.05) is 87.8 Å². The van der Waals surface area contributed by atoms with Crippen molar-refractivity contribution in [3.05, 3.63) is 72.2 Å². The molecule has 0 fully saturated rings. The van der Waals surface area contributed by atoms with Crippen molar-refractivity contribution < 1.29 is 19.0 Å². The molecule has 0 aliphatic heterocycles. The molecule has 0 spiro atoms. The molecular formula is C32H34O4Si2. The SMILES string of the molecule is C[Si](C)(C)Cc1cc2c(-c3c4ccccc4c(O)c4oc(C[Si](C)(C)C)cc34)c3ccccc3c(O)c2o1. The van der Waals surface area contributed by atoms with Gasteiger partial charge in [0.1, 0.15) is 11.5 Å². The Kier molecular flexibility index (Phi) is 5.56. The molecule has 2 aromatic heterocycles. The van der Waals surface area contributed by atoms with Crippen molar-refractivity contribution in [1.82, 2.24) is 0 Å². The Balaban J connectivity index is 1.80. The molecule has 4 nitrogen and oxygen atoms in total. The van der Waals surface area contributed by atoms with Gasteiger partial charge in [-0.15, -0.1) is 0 Å². The second-order valence-electron chi connectivity index (χ2n) is 12.9. The van der Waals surface area contributed by atoms with E-state index in [-0.39, 0.29) is 11.5 Å². The number of hydrogen-bond donors (Lipinski definition) is 2. The summed E-state index contributed by atoms with van der Waals surface area (Å²) in [6.45, 7) is 13.9. The second kappa shape index (κ2) is 8.51. The first-order valence-electron chi connectivity index (χ1n) is 13.2. The number of fused-ring (bicyclic) bond motifs is 4. The predicted octanol–water partition coefficient (Wildman–Crippen LogP) is 9.40. The minimum atomic E-state index is -1.47. The van der Waals surface area contributed by atoms with Crippen molar-refractivity contribution in [2.45, 2.75) is 51.4 Å². The van der Waals surface area contributed by atoms with Crippen LogP contribution in [0.1, 0.15) is 11.5 Å². The smallest absolute Gasteiger partial charge is 0.177 e. The summed E-state index contributed by atoms with van der Waals surface area (Å²) in [7, 11) is -2.94. The highest BCUT2D eigenvalue weighted by atomic mass is 28.3. The van der Waals surface area contributed by atoms with Crippen LogP contribution < -0.4 is 0 Å². The van der Waals surface area contributed by atoms with E-state index in [1.54, 1.807) is 0 Å². The van der Waals surface area contributed by atoms with Gasteiger partial charge in [-0.05, 0) is 22.9 Å². The fraction of sp³-hybridized carbons (Fsp3) is 0.250. The van der Waals surface area contributed by atoms with Gasteiger partial charge < -0.3 is 19.0 Å². The third-order valence-corrected chi connectivity index (χ3v) is 9.92. The van der Waals surface area contributed by atoms with Gasteiger partial charge in [0.2, 0.25) is 0 Å². The van der Waals surface area contributed by atoms with E-state index >= 15 is 0 Å². The summed E-state index contributed by atoms with van der Waals surface area (Å²) in [4.78, 5) is 0. The number of hydrogen-bond acceptors (Lipinski definition) is 4. The molecule has 6 aromatic rings. The lowest BCUT2D eigenvalue weighted by molar-refractivity contribution is 0.465. The molecule has 0 atom stereocenters. The molecule has 38 heavy (non-hydrogen) atoms. The van der Waals surface area contributed by atoms with E-state index in [2.05, 4.69) is 63.5 Å². The quantitative estimate of drug-likeness (QED) is 0.215. The second-order valence-corrected chi connectivity index (χ2v) is 23.9. The molecule has 6 heteroatoms. The van der Waals surface area contributed by atoms with E-state index in [4.69, 9.17) is 8.83 Å². The normalized spacial score (nSPS) is 12.9. The third kappa shape index (κ3) is 4.12. The summed E-state index contributed by atoms with van der Waals surface area (Å²) < 4.78 is 12.8. The number of aromatic hydroxyl groups is 2. The summed E-state index contributed by atoms with van der Waals surface area (Å²) in [5.41, 5.74) is 3.03. The van der Waals surface area contributed by atoms with Crippen LogP contribution in [0.5, 0.6) is 11.5 Å². The molecule has 0 aliphatic rings. The molecule has 2 heterocycles. The maximum atomic E-state index is 11.4. The van der Waals surface area contributed by atoms with Gasteiger partial charge in [0.05, 0.1) is 16.1 Å². The number of benzene rings is 4. The van der Waals surface area contributed by atoms with Crippen molar-refractivity contribution in [3.8, 4) is 22.6 Å². The summed E-state index contributed by atoms with van der Waals surface area (Å²) >= 11 is 0. The summed E-state index contributed by atoms with van der Waals surface area (Å²) in [6, 6.07) is 21.9. The van der Waals surface area contributed by atoms with E-state index in [1.165, 1.54) is 0 Å². The van der Waals surface area contributed by atoms with E-state index < -0.39 is 16.1 Å². The first-order chi connectivity index (χ1) is 17.9. The minimum Gasteiger partial charge on any atom is -0.504 e. The van der Waals surface area contributed by atoms with Crippen LogP contribution in [0.25, 0.3) is 54.6 Å². The van der Waals surface area contributed by atoms with Crippen LogP contribution in [0.2, 0.25) is 39.3 Å². The van der Waals surface area contributed by atoms with Crippen LogP contribution >= 0.6 is 0 Å². The third-order valence-electron chi connectivity index (χ3n) is 7.10. The molecule has 0 bridgehead atoms. The van der Waals surface area contributed by atoms with E-state index in [9.17, 15) is 10.2 Å². The summed E-state index contributed by atoms with van der Waals surface area (Å²) in [5, 5.41) is 27.9. The zero-order chi connectivity index (χ0) is 27.0. The van der Waals surface area contributed by atoms with Gasteiger partial charge in [-0.2, -0.15) is 0 Å². The lowest BCUT2D eigenvalue weighted by atomic mass is 9.88. The van der Waals surface area contributed by atoms with Crippen molar-refractivity contribution in [2.75, 3.05) is 0 Å². The molecule has 0 saturated carbocycles. The van der Waals surface area contributed by atoms with Crippen LogP contribution in [0.15, 0.2) is 69.5 Å². The first-order valence-corrected chi connectivity index (χ1v) is 20.7. The number of phenolic OH excluding ortho intramolecular Hbond substituents is 2. The Morgan fingerprint density at radius 1 is 0.526 bits per heavy atom. The molecule has 0 amide bonds. The molecule has 2 N–H and O–H groups in total. The van der Waals surface area contributed by atoms with Gasteiger partial charge in [-0.25, -0.2) is 0 Å². The van der Waals surface area contributed by atoms with Crippen LogP contribution in [-0.2, 0) is 12.1 Å². The zero-order valence-corrected chi connectivity index (χ0v) is 24.9. The van der Waals surface area contributed by atoms with Crippen molar-refractivity contribution in [1.29, 1.82) is 0 Å². The van der Waals surface area contributed by atoms with Gasteiger partial charge in [-0.3, -0.25) is 0 Å². The maximum Gasteiger partial charge on any atom is 0.177 e. The highest BCUT2D eigenvalue weighted by Gasteiger charge is 2.27. The molecule has 0 radical (unpaired) electrons. The van der Waals surface area contributed by atoms with Crippen LogP contribution in [0.3, 0.4) is 0 Å². The van der Waals surface area contributed by atoms with Gasteiger partial charge in [0.25, 0.3) is 0 Å². The van der Waals surface area contributed by atoms with Crippen molar-refractivity contribution in [3.63, 3.8) is 0 Å². The van der Waals surface area contributed by atoms with E-state index in [0.29, 0.717) is 11.2 Å². The Morgan fingerprint density at radius 2 is 0.868 bits per heavy atom. The van der Waals surface area contributed by atoms with Gasteiger partial charge in [0.15, 0.2) is 22.7 Å². The Bertz CT molecular complexity index is 1730. The maximum absolute atomic E-state index is 11.4. The Labute approximate surface area is 224 Å². The molecule has 4 aromatic carbocycles. The molecular weight excluding hydrogens is 505 g/mol. The largest absolute Gasteiger partial charge is 0.504 e. The number of rotatable bonds is 5. The first kappa shape index (κ1) is 24.8. The molecule has 0 unspecified atom stereocenters. The topological polar surface area (TPSA) is 66.7 Å². The predicted molar refractivity (Wildman–Crippen MR) is 164 cm³/mol. The highest BCUT2D eigenvalue weighted by Crippen LogP contribution is 2.50. The molecule has 194 valence electrons. The molecule has 6 rings (SSSR count). The van der Waals surface area contributed by atoms with Gasteiger partial charge >= 0.3 is 0 Å². The summed E-state index contributed by atoms with van der Waals surface area (Å²) in [6.07, 6.45) is 0. The number of furan rings is 2. The van der Waals surface area contributed by atoms with Crippen LogP contribution in [0.4, 0.5) is 0 Å².